The fourth-order valence-electron chi connectivity index (χ4n) is 5.01. The molecule has 2 amide bonds. The number of likely N-dealkylation sites (N-methyl/N-ethyl adjacent to an activating group) is 1. The molecule has 0 spiro atoms. The number of para-hydroxylation sites is 1. The minimum Gasteiger partial charge on any atom is -0.480 e. The third kappa shape index (κ3) is 6.36. The van der Waals surface area contributed by atoms with Crippen LogP contribution in [0.25, 0.3) is 22.0 Å². The van der Waals surface area contributed by atoms with E-state index in [0.29, 0.717) is 5.56 Å². The molecular weight excluding hydrogens is 514 g/mol. The van der Waals surface area contributed by atoms with Crippen molar-refractivity contribution in [2.45, 2.75) is 24.9 Å². The Labute approximate surface area is 238 Å². The highest BCUT2D eigenvalue weighted by Gasteiger charge is 2.31. The van der Waals surface area contributed by atoms with Crippen LogP contribution in [0.1, 0.15) is 21.5 Å². The lowest BCUT2D eigenvalue weighted by Gasteiger charge is -2.29. The fourth-order valence-corrected chi connectivity index (χ4v) is 5.01. The second kappa shape index (κ2) is 12.3. The molecule has 0 unspecified atom stereocenters. The van der Waals surface area contributed by atoms with Crippen LogP contribution in [-0.4, -0.2) is 51.9 Å². The predicted octanol–water partition coefficient (Wildman–Crippen LogP) is 5.33. The SMILES string of the molecule is CN(C(=O)c1ccc(-c2ccccc2)cc1)[C@@H](Cc1ccccc1)C(=O)N[C@@H](Cc1c[nH]c2ccccc12)C(=O)O. The predicted molar refractivity (Wildman–Crippen MR) is 159 cm³/mol. The van der Waals surface area contributed by atoms with Crippen molar-refractivity contribution in [2.24, 2.45) is 0 Å². The highest BCUT2D eigenvalue weighted by Crippen LogP contribution is 2.22. The van der Waals surface area contributed by atoms with Crippen LogP contribution >= 0.6 is 0 Å². The summed E-state index contributed by atoms with van der Waals surface area (Å²) in [6, 6.07) is 32.0. The minimum atomic E-state index is -1.17. The second-order valence-electron chi connectivity index (χ2n) is 10.0. The highest BCUT2D eigenvalue weighted by atomic mass is 16.4. The van der Waals surface area contributed by atoms with E-state index in [1.54, 1.807) is 25.4 Å². The summed E-state index contributed by atoms with van der Waals surface area (Å²) in [4.78, 5) is 44.1. The maximum Gasteiger partial charge on any atom is 0.326 e. The average molecular weight is 546 g/mol. The Balaban J connectivity index is 1.37. The van der Waals surface area contributed by atoms with Crippen LogP contribution in [0.3, 0.4) is 0 Å². The summed E-state index contributed by atoms with van der Waals surface area (Å²) in [5.41, 5.74) is 4.99. The van der Waals surface area contributed by atoms with Gasteiger partial charge in [0.1, 0.15) is 12.1 Å². The number of H-pyrrole nitrogens is 1. The molecule has 0 saturated heterocycles. The van der Waals surface area contributed by atoms with Crippen LogP contribution in [0.15, 0.2) is 115 Å². The minimum absolute atomic E-state index is 0.0990. The summed E-state index contributed by atoms with van der Waals surface area (Å²) in [6.45, 7) is 0. The van der Waals surface area contributed by atoms with E-state index in [0.717, 1.165) is 33.2 Å². The zero-order valence-electron chi connectivity index (χ0n) is 22.7. The van der Waals surface area contributed by atoms with Crippen molar-refractivity contribution >= 4 is 28.7 Å². The molecule has 1 aromatic heterocycles. The maximum absolute atomic E-state index is 13.7. The number of carboxylic acids is 1. The van der Waals surface area contributed by atoms with Gasteiger partial charge in [-0.25, -0.2) is 4.79 Å². The van der Waals surface area contributed by atoms with Crippen molar-refractivity contribution in [3.8, 4) is 11.1 Å². The molecule has 0 bridgehead atoms. The number of amides is 2. The number of aromatic nitrogens is 1. The molecule has 3 N–H and O–H groups in total. The van der Waals surface area contributed by atoms with Crippen LogP contribution in [0.4, 0.5) is 0 Å². The van der Waals surface area contributed by atoms with E-state index in [1.807, 2.05) is 97.1 Å². The molecule has 0 aliphatic heterocycles. The summed E-state index contributed by atoms with van der Waals surface area (Å²) in [5, 5.41) is 13.6. The standard InChI is InChI=1S/C34H31N3O4/c1-37(33(39)26-18-16-25(17-19-26)24-12-6-3-7-13-24)31(20-23-10-4-2-5-11-23)32(38)36-30(34(40)41)21-27-22-35-29-15-9-8-14-28(27)29/h2-19,22,30-31,35H,20-21H2,1H3,(H,36,38)(H,40,41)/t30-,31-/m0/s1. The van der Waals surface area contributed by atoms with Gasteiger partial charge in [-0.2, -0.15) is 0 Å². The van der Waals surface area contributed by atoms with E-state index in [-0.39, 0.29) is 18.7 Å². The van der Waals surface area contributed by atoms with E-state index < -0.39 is 24.0 Å². The highest BCUT2D eigenvalue weighted by molar-refractivity contribution is 5.98. The Hall–Kier alpha value is -5.17. The molecule has 1 heterocycles. The largest absolute Gasteiger partial charge is 0.480 e. The van der Waals surface area contributed by atoms with Crippen LogP contribution in [-0.2, 0) is 22.4 Å². The molecule has 7 nitrogen and oxygen atoms in total. The number of nitrogens with one attached hydrogen (secondary N) is 2. The molecule has 41 heavy (non-hydrogen) atoms. The molecule has 5 aromatic rings. The first kappa shape index (κ1) is 27.4. The topological polar surface area (TPSA) is 103 Å². The third-order valence-corrected chi connectivity index (χ3v) is 7.31. The van der Waals surface area contributed by atoms with E-state index in [2.05, 4.69) is 10.3 Å². The van der Waals surface area contributed by atoms with Crippen LogP contribution in [0.5, 0.6) is 0 Å². The van der Waals surface area contributed by atoms with Gasteiger partial charge in [-0.1, -0.05) is 91.0 Å². The van der Waals surface area contributed by atoms with E-state index >= 15 is 0 Å². The number of carbonyl (C=O) groups excluding carboxylic acids is 2. The van der Waals surface area contributed by atoms with Gasteiger partial charge >= 0.3 is 5.97 Å². The molecule has 4 aromatic carbocycles. The van der Waals surface area contributed by atoms with Gasteiger partial charge in [0.15, 0.2) is 0 Å². The molecule has 0 saturated carbocycles. The van der Waals surface area contributed by atoms with Crippen LogP contribution < -0.4 is 5.32 Å². The molecular formula is C34H31N3O4. The molecule has 5 rings (SSSR count). The quantitative estimate of drug-likeness (QED) is 0.221. The van der Waals surface area contributed by atoms with Gasteiger partial charge in [-0.05, 0) is 40.5 Å². The molecule has 0 fully saturated rings. The van der Waals surface area contributed by atoms with Crippen molar-refractivity contribution < 1.29 is 19.5 Å². The van der Waals surface area contributed by atoms with Gasteiger partial charge in [0.05, 0.1) is 0 Å². The van der Waals surface area contributed by atoms with Gasteiger partial charge in [0.25, 0.3) is 5.91 Å². The summed E-state index contributed by atoms with van der Waals surface area (Å²) in [5.74, 6) is -2.00. The van der Waals surface area contributed by atoms with Gasteiger partial charge in [-0.15, -0.1) is 0 Å². The maximum atomic E-state index is 13.7. The van der Waals surface area contributed by atoms with Gasteiger partial charge < -0.3 is 20.3 Å². The molecule has 0 radical (unpaired) electrons. The molecule has 2 atom stereocenters. The first-order valence-electron chi connectivity index (χ1n) is 13.5. The molecule has 7 heteroatoms. The van der Waals surface area contributed by atoms with Crippen LogP contribution in [0.2, 0.25) is 0 Å². The first-order valence-corrected chi connectivity index (χ1v) is 13.5. The average Bonchev–Trinajstić information content (AvgIpc) is 3.42. The van der Waals surface area contributed by atoms with Crippen molar-refractivity contribution in [1.29, 1.82) is 0 Å². The number of rotatable bonds is 10. The van der Waals surface area contributed by atoms with E-state index in [4.69, 9.17) is 0 Å². The number of fused-ring (bicyclic) bond motifs is 1. The Morgan fingerprint density at radius 3 is 2.07 bits per heavy atom. The summed E-state index contributed by atoms with van der Waals surface area (Å²) < 4.78 is 0. The number of benzene rings is 4. The first-order chi connectivity index (χ1) is 19.9. The smallest absolute Gasteiger partial charge is 0.326 e. The second-order valence-corrected chi connectivity index (χ2v) is 10.0. The summed E-state index contributed by atoms with van der Waals surface area (Å²) >= 11 is 0. The fraction of sp³-hybridized carbons (Fsp3) is 0.147. The number of carboxylic acid groups (broad SMARTS) is 1. The Bertz CT molecular complexity index is 1650. The van der Waals surface area contributed by atoms with Gasteiger partial charge in [0.2, 0.25) is 5.91 Å². The van der Waals surface area contributed by atoms with Crippen LogP contribution in [0, 0.1) is 0 Å². The van der Waals surface area contributed by atoms with Crippen molar-refractivity contribution in [3.63, 3.8) is 0 Å². The number of hydrogen-bond donors (Lipinski definition) is 3. The zero-order chi connectivity index (χ0) is 28.8. The van der Waals surface area contributed by atoms with Crippen molar-refractivity contribution in [2.75, 3.05) is 7.05 Å². The van der Waals surface area contributed by atoms with Gasteiger partial charge in [-0.3, -0.25) is 9.59 Å². The number of nitrogens with zero attached hydrogens (tertiary/aromatic N) is 1. The normalized spacial score (nSPS) is 12.4. The van der Waals surface area contributed by atoms with Crippen molar-refractivity contribution in [1.82, 2.24) is 15.2 Å². The Morgan fingerprint density at radius 1 is 0.780 bits per heavy atom. The lowest BCUT2D eigenvalue weighted by molar-refractivity contribution is -0.142. The number of hydrogen-bond acceptors (Lipinski definition) is 3. The van der Waals surface area contributed by atoms with Crippen molar-refractivity contribution in [3.05, 3.63) is 132 Å². The molecule has 0 aliphatic carbocycles. The molecule has 206 valence electrons. The number of aliphatic carboxylic acids is 1. The molecule has 0 aliphatic rings. The number of carbonyl (C=O) groups is 3. The van der Waals surface area contributed by atoms with E-state index in [1.165, 1.54) is 4.90 Å². The zero-order valence-corrected chi connectivity index (χ0v) is 22.7. The monoisotopic (exact) mass is 545 g/mol. The van der Waals surface area contributed by atoms with Gasteiger partial charge in [0, 0.05) is 42.6 Å². The Morgan fingerprint density at radius 2 is 1.39 bits per heavy atom. The summed E-state index contributed by atoms with van der Waals surface area (Å²) in [6.07, 6.45) is 2.10. The third-order valence-electron chi connectivity index (χ3n) is 7.31. The lowest BCUT2D eigenvalue weighted by Crippen LogP contribution is -2.53. The lowest BCUT2D eigenvalue weighted by atomic mass is 10.0. The summed E-state index contributed by atoms with van der Waals surface area (Å²) in [7, 11) is 1.58. The number of aromatic amines is 1. The Kier molecular flexibility index (Phi) is 8.25. The van der Waals surface area contributed by atoms with E-state index in [9.17, 15) is 19.5 Å².